The molecule has 2 rings (SSSR count). The van der Waals surface area contributed by atoms with Crippen molar-refractivity contribution in [3.8, 4) is 0 Å². The first kappa shape index (κ1) is 18.5. The van der Waals surface area contributed by atoms with Crippen molar-refractivity contribution in [3.05, 3.63) is 46.4 Å². The first-order valence-electron chi connectivity index (χ1n) is 7.99. The van der Waals surface area contributed by atoms with E-state index in [0.717, 1.165) is 24.4 Å². The number of thioether (sulfide) groups is 1. The standard InChI is InChI=1S/C18H23NO4S/c1-3-23-17(20)13-24-16-9-10-19(12-15(16)18(21)22-2)11-14-7-5-4-6-8-14/h4-8H,3,9-13H2,1-2H3. The van der Waals surface area contributed by atoms with Crippen LogP contribution < -0.4 is 0 Å². The zero-order chi connectivity index (χ0) is 17.4. The van der Waals surface area contributed by atoms with Crippen LogP contribution in [0.25, 0.3) is 0 Å². The maximum Gasteiger partial charge on any atom is 0.335 e. The number of carbonyl (C=O) groups excluding carboxylic acids is 2. The van der Waals surface area contributed by atoms with Gasteiger partial charge in [-0.1, -0.05) is 30.3 Å². The third-order valence-corrected chi connectivity index (χ3v) is 4.90. The van der Waals surface area contributed by atoms with E-state index in [1.165, 1.54) is 24.4 Å². The number of hydrogen-bond donors (Lipinski definition) is 0. The lowest BCUT2D eigenvalue weighted by molar-refractivity contribution is -0.140. The minimum atomic E-state index is -0.320. The van der Waals surface area contributed by atoms with Gasteiger partial charge >= 0.3 is 11.9 Å². The molecule has 1 aliphatic heterocycles. The molecule has 1 aromatic carbocycles. The van der Waals surface area contributed by atoms with Crippen molar-refractivity contribution < 1.29 is 19.1 Å². The van der Waals surface area contributed by atoms with Crippen molar-refractivity contribution in [2.24, 2.45) is 0 Å². The Kier molecular flexibility index (Phi) is 7.34. The molecule has 0 bridgehead atoms. The summed E-state index contributed by atoms with van der Waals surface area (Å²) in [5.41, 5.74) is 1.86. The van der Waals surface area contributed by atoms with Gasteiger partial charge in [-0.3, -0.25) is 9.69 Å². The Balaban J connectivity index is 2.04. The Bertz CT molecular complexity index is 600. The van der Waals surface area contributed by atoms with Gasteiger partial charge in [0.25, 0.3) is 0 Å². The number of ether oxygens (including phenoxy) is 2. The molecule has 0 aliphatic carbocycles. The Morgan fingerprint density at radius 2 is 2.00 bits per heavy atom. The fraction of sp³-hybridized carbons (Fsp3) is 0.444. The molecule has 0 atom stereocenters. The molecule has 0 aromatic heterocycles. The summed E-state index contributed by atoms with van der Waals surface area (Å²) in [6, 6.07) is 10.2. The number of nitrogens with zero attached hydrogens (tertiary/aromatic N) is 1. The van der Waals surface area contributed by atoms with Crippen LogP contribution in [-0.4, -0.2) is 49.4 Å². The van der Waals surface area contributed by atoms with Gasteiger partial charge in [-0.2, -0.15) is 0 Å². The monoisotopic (exact) mass is 349 g/mol. The van der Waals surface area contributed by atoms with Crippen LogP contribution >= 0.6 is 11.8 Å². The summed E-state index contributed by atoms with van der Waals surface area (Å²) < 4.78 is 9.87. The molecule has 0 unspecified atom stereocenters. The zero-order valence-corrected chi connectivity index (χ0v) is 14.9. The Morgan fingerprint density at radius 3 is 2.67 bits per heavy atom. The number of hydrogen-bond acceptors (Lipinski definition) is 6. The maximum atomic E-state index is 12.1. The molecule has 1 heterocycles. The second-order valence-corrected chi connectivity index (χ2v) is 6.50. The number of esters is 2. The predicted octanol–water partition coefficient (Wildman–Crippen LogP) is 2.62. The largest absolute Gasteiger partial charge is 0.466 e. The third kappa shape index (κ3) is 5.39. The van der Waals surface area contributed by atoms with Crippen LogP contribution in [-0.2, 0) is 25.6 Å². The van der Waals surface area contributed by atoms with Crippen molar-refractivity contribution in [2.45, 2.75) is 19.9 Å². The number of rotatable bonds is 7. The molecule has 0 N–H and O–H groups in total. The predicted molar refractivity (Wildman–Crippen MR) is 94.5 cm³/mol. The normalized spacial score (nSPS) is 15.2. The smallest absolute Gasteiger partial charge is 0.335 e. The van der Waals surface area contributed by atoms with Crippen molar-refractivity contribution >= 4 is 23.7 Å². The van der Waals surface area contributed by atoms with E-state index in [9.17, 15) is 9.59 Å². The first-order chi connectivity index (χ1) is 11.6. The molecule has 0 spiro atoms. The second kappa shape index (κ2) is 9.49. The van der Waals surface area contributed by atoms with Gasteiger partial charge in [0.05, 0.1) is 25.0 Å². The average Bonchev–Trinajstić information content (AvgIpc) is 2.61. The topological polar surface area (TPSA) is 55.8 Å². The van der Waals surface area contributed by atoms with Crippen LogP contribution in [0.5, 0.6) is 0 Å². The van der Waals surface area contributed by atoms with Gasteiger partial charge in [-0.15, -0.1) is 11.8 Å². The summed E-state index contributed by atoms with van der Waals surface area (Å²) >= 11 is 1.38. The van der Waals surface area contributed by atoms with Gasteiger partial charge in [0.15, 0.2) is 0 Å². The number of benzene rings is 1. The van der Waals surface area contributed by atoms with Crippen LogP contribution in [0.1, 0.15) is 18.9 Å². The van der Waals surface area contributed by atoms with Crippen LogP contribution in [0.2, 0.25) is 0 Å². The molecule has 0 amide bonds. The summed E-state index contributed by atoms with van der Waals surface area (Å²) in [4.78, 5) is 26.8. The highest BCUT2D eigenvalue weighted by Gasteiger charge is 2.25. The highest BCUT2D eigenvalue weighted by molar-refractivity contribution is 8.03. The molecular weight excluding hydrogens is 326 g/mol. The summed E-state index contributed by atoms with van der Waals surface area (Å²) in [6.45, 7) is 4.32. The van der Waals surface area contributed by atoms with E-state index in [1.807, 2.05) is 18.2 Å². The molecule has 6 heteroatoms. The lowest BCUT2D eigenvalue weighted by atomic mass is 10.1. The average molecular weight is 349 g/mol. The van der Waals surface area contributed by atoms with Crippen LogP contribution in [0.3, 0.4) is 0 Å². The van der Waals surface area contributed by atoms with Gasteiger partial charge in [-0.05, 0) is 23.8 Å². The fourth-order valence-corrected chi connectivity index (χ4v) is 3.52. The van der Waals surface area contributed by atoms with Crippen molar-refractivity contribution in [1.29, 1.82) is 0 Å². The summed E-state index contributed by atoms with van der Waals surface area (Å²) in [7, 11) is 1.39. The third-order valence-electron chi connectivity index (χ3n) is 3.72. The van der Waals surface area contributed by atoms with E-state index < -0.39 is 0 Å². The van der Waals surface area contributed by atoms with Gasteiger partial charge in [0.2, 0.25) is 0 Å². The van der Waals surface area contributed by atoms with Gasteiger partial charge in [0.1, 0.15) is 0 Å². The summed E-state index contributed by atoms with van der Waals surface area (Å²) in [5.74, 6) is -0.354. The number of methoxy groups -OCH3 is 1. The molecule has 1 aliphatic rings. The van der Waals surface area contributed by atoms with Crippen LogP contribution in [0.4, 0.5) is 0 Å². The highest BCUT2D eigenvalue weighted by atomic mass is 32.2. The van der Waals surface area contributed by atoms with Gasteiger partial charge < -0.3 is 9.47 Å². The van der Waals surface area contributed by atoms with Crippen molar-refractivity contribution in [2.75, 3.05) is 32.6 Å². The molecule has 24 heavy (non-hydrogen) atoms. The molecular formula is C18H23NO4S. The van der Waals surface area contributed by atoms with Gasteiger partial charge in [-0.25, -0.2) is 4.79 Å². The molecule has 1 aromatic rings. The summed E-state index contributed by atoms with van der Waals surface area (Å²) in [6.07, 6.45) is 0.737. The second-order valence-electron chi connectivity index (χ2n) is 5.43. The minimum Gasteiger partial charge on any atom is -0.466 e. The summed E-state index contributed by atoms with van der Waals surface area (Å²) in [5, 5.41) is 0. The highest BCUT2D eigenvalue weighted by Crippen LogP contribution is 2.29. The van der Waals surface area contributed by atoms with E-state index in [4.69, 9.17) is 9.47 Å². The zero-order valence-electron chi connectivity index (χ0n) is 14.1. The fourth-order valence-electron chi connectivity index (χ4n) is 2.59. The van der Waals surface area contributed by atoms with E-state index in [2.05, 4.69) is 17.0 Å². The molecule has 0 saturated carbocycles. The Morgan fingerprint density at radius 1 is 1.25 bits per heavy atom. The van der Waals surface area contributed by atoms with Crippen molar-refractivity contribution in [1.82, 2.24) is 4.90 Å². The Labute approximate surface area is 147 Å². The quantitative estimate of drug-likeness (QED) is 0.706. The lowest BCUT2D eigenvalue weighted by Gasteiger charge is -2.29. The van der Waals surface area contributed by atoms with E-state index in [-0.39, 0.29) is 17.7 Å². The molecule has 0 radical (unpaired) electrons. The maximum absolute atomic E-state index is 12.1. The van der Waals surface area contributed by atoms with Gasteiger partial charge in [0, 0.05) is 19.6 Å². The van der Waals surface area contributed by atoms with Crippen molar-refractivity contribution in [3.63, 3.8) is 0 Å². The van der Waals surface area contributed by atoms with E-state index in [0.29, 0.717) is 18.7 Å². The molecule has 130 valence electrons. The molecule has 0 fully saturated rings. The van der Waals surface area contributed by atoms with Crippen LogP contribution in [0, 0.1) is 0 Å². The van der Waals surface area contributed by atoms with E-state index in [1.54, 1.807) is 6.92 Å². The SMILES string of the molecule is CCOC(=O)CSC1=C(C(=O)OC)CN(Cc2ccccc2)CC1. The van der Waals surface area contributed by atoms with E-state index >= 15 is 0 Å². The number of carbonyl (C=O) groups is 2. The minimum absolute atomic E-state index is 0.225. The van der Waals surface area contributed by atoms with Crippen LogP contribution in [0.15, 0.2) is 40.8 Å². The lowest BCUT2D eigenvalue weighted by Crippen LogP contribution is -2.34. The Hall–Kier alpha value is -1.79. The first-order valence-corrected chi connectivity index (χ1v) is 8.97. The molecule has 5 nitrogen and oxygen atoms in total. The molecule has 0 saturated heterocycles.